The van der Waals surface area contributed by atoms with Crippen LogP contribution in [0.1, 0.15) is 10.4 Å². The molecule has 1 aromatic carbocycles. The Morgan fingerprint density at radius 2 is 2.27 bits per heavy atom. The molecule has 5 heteroatoms. The first-order valence-electron chi connectivity index (χ1n) is 4.08. The summed E-state index contributed by atoms with van der Waals surface area (Å²) in [5.74, 6) is -0.879. The molecule has 0 aromatic heterocycles. The van der Waals surface area contributed by atoms with Crippen molar-refractivity contribution in [3.63, 3.8) is 0 Å². The van der Waals surface area contributed by atoms with E-state index in [9.17, 15) is 9.18 Å². The number of carbonyl (C=O) groups is 1. The molecule has 0 spiro atoms. The number of benzene rings is 1. The van der Waals surface area contributed by atoms with Crippen molar-refractivity contribution < 1.29 is 9.18 Å². The van der Waals surface area contributed by atoms with Crippen molar-refractivity contribution in [2.24, 2.45) is 0 Å². The van der Waals surface area contributed by atoms with E-state index < -0.39 is 11.7 Å². The number of nitrogens with one attached hydrogen (secondary N) is 1. The lowest BCUT2D eigenvalue weighted by atomic mass is 10.2. The molecule has 0 radical (unpaired) electrons. The molecule has 0 aliphatic rings. The van der Waals surface area contributed by atoms with Gasteiger partial charge in [-0.3, -0.25) is 4.79 Å². The zero-order chi connectivity index (χ0) is 11.4. The van der Waals surface area contributed by atoms with Crippen molar-refractivity contribution in [1.82, 2.24) is 5.32 Å². The third-order valence-electron chi connectivity index (χ3n) is 1.64. The standard InChI is InChI=1S/C10H8BrClFNO/c1-6(12)5-14-10(15)7-3-2-4-8(13)9(7)11/h2-4H,1,5H2,(H,14,15). The van der Waals surface area contributed by atoms with Crippen molar-refractivity contribution >= 4 is 33.4 Å². The van der Waals surface area contributed by atoms with Crippen LogP contribution in [0.25, 0.3) is 0 Å². The maximum atomic E-state index is 13.1. The van der Waals surface area contributed by atoms with Gasteiger partial charge in [0.2, 0.25) is 0 Å². The molecule has 80 valence electrons. The van der Waals surface area contributed by atoms with E-state index in [0.717, 1.165) is 0 Å². The first-order valence-corrected chi connectivity index (χ1v) is 5.25. The van der Waals surface area contributed by atoms with E-state index in [1.165, 1.54) is 18.2 Å². The molecule has 0 aliphatic heterocycles. The van der Waals surface area contributed by atoms with E-state index in [0.29, 0.717) is 5.03 Å². The molecule has 0 heterocycles. The lowest BCUT2D eigenvalue weighted by Gasteiger charge is -2.06. The molecule has 0 saturated carbocycles. The van der Waals surface area contributed by atoms with E-state index >= 15 is 0 Å². The first kappa shape index (κ1) is 12.2. The fourth-order valence-corrected chi connectivity index (χ4v) is 1.46. The van der Waals surface area contributed by atoms with E-state index in [1.54, 1.807) is 0 Å². The van der Waals surface area contributed by atoms with Gasteiger partial charge in [-0.05, 0) is 28.1 Å². The van der Waals surface area contributed by atoms with Crippen LogP contribution in [0.4, 0.5) is 4.39 Å². The second-order valence-electron chi connectivity index (χ2n) is 2.80. The van der Waals surface area contributed by atoms with Gasteiger partial charge in [-0.1, -0.05) is 24.2 Å². The van der Waals surface area contributed by atoms with Gasteiger partial charge in [0.05, 0.1) is 16.6 Å². The minimum absolute atomic E-state index is 0.141. The van der Waals surface area contributed by atoms with E-state index in [-0.39, 0.29) is 16.6 Å². The van der Waals surface area contributed by atoms with Gasteiger partial charge >= 0.3 is 0 Å². The van der Waals surface area contributed by atoms with Crippen LogP contribution in [0.5, 0.6) is 0 Å². The zero-order valence-corrected chi connectivity index (χ0v) is 10.0. The topological polar surface area (TPSA) is 29.1 Å². The third-order valence-corrected chi connectivity index (χ3v) is 2.58. The summed E-state index contributed by atoms with van der Waals surface area (Å²) < 4.78 is 13.2. The Bertz CT molecular complexity index is 408. The number of halogens is 3. The summed E-state index contributed by atoms with van der Waals surface area (Å²) in [5.41, 5.74) is 0.230. The molecule has 0 aliphatic carbocycles. The van der Waals surface area contributed by atoms with E-state index in [4.69, 9.17) is 11.6 Å². The summed E-state index contributed by atoms with van der Waals surface area (Å²) in [6.07, 6.45) is 0. The Labute approximate surface area is 100 Å². The van der Waals surface area contributed by atoms with Crippen LogP contribution in [-0.2, 0) is 0 Å². The number of amides is 1. The van der Waals surface area contributed by atoms with Gasteiger partial charge in [-0.25, -0.2) is 4.39 Å². The minimum Gasteiger partial charge on any atom is -0.347 e. The summed E-state index contributed by atoms with van der Waals surface area (Å²) in [6.45, 7) is 3.58. The number of hydrogen-bond acceptors (Lipinski definition) is 1. The average molecular weight is 293 g/mol. The molecular weight excluding hydrogens is 284 g/mol. The lowest BCUT2D eigenvalue weighted by molar-refractivity contribution is 0.0956. The molecule has 0 atom stereocenters. The molecule has 0 fully saturated rings. The molecule has 1 aromatic rings. The van der Waals surface area contributed by atoms with Crippen molar-refractivity contribution in [3.05, 3.63) is 45.7 Å². The van der Waals surface area contributed by atoms with Gasteiger partial charge in [-0.2, -0.15) is 0 Å². The van der Waals surface area contributed by atoms with Crippen molar-refractivity contribution in [2.45, 2.75) is 0 Å². The Kier molecular flexibility index (Phi) is 4.29. The van der Waals surface area contributed by atoms with Gasteiger partial charge in [0, 0.05) is 5.03 Å². The number of hydrogen-bond donors (Lipinski definition) is 1. The van der Waals surface area contributed by atoms with Gasteiger partial charge in [0.15, 0.2) is 0 Å². The summed E-state index contributed by atoms with van der Waals surface area (Å²) in [7, 11) is 0. The van der Waals surface area contributed by atoms with Gasteiger partial charge in [0.25, 0.3) is 5.91 Å². The highest BCUT2D eigenvalue weighted by Crippen LogP contribution is 2.20. The van der Waals surface area contributed by atoms with Crippen molar-refractivity contribution in [1.29, 1.82) is 0 Å². The Balaban J connectivity index is 2.82. The van der Waals surface area contributed by atoms with Gasteiger partial charge < -0.3 is 5.32 Å². The predicted octanol–water partition coefficient (Wildman–Crippen LogP) is 3.07. The van der Waals surface area contributed by atoms with E-state index in [1.807, 2.05) is 0 Å². The number of rotatable bonds is 3. The highest BCUT2D eigenvalue weighted by atomic mass is 79.9. The summed E-state index contributed by atoms with van der Waals surface area (Å²) in [4.78, 5) is 11.5. The van der Waals surface area contributed by atoms with Crippen LogP contribution >= 0.6 is 27.5 Å². The highest BCUT2D eigenvalue weighted by molar-refractivity contribution is 9.10. The Morgan fingerprint density at radius 3 is 2.87 bits per heavy atom. The third kappa shape index (κ3) is 3.32. The van der Waals surface area contributed by atoms with Crippen LogP contribution in [0.15, 0.2) is 34.3 Å². The smallest absolute Gasteiger partial charge is 0.252 e. The molecule has 1 N–H and O–H groups in total. The second kappa shape index (κ2) is 5.28. The molecule has 1 rings (SSSR count). The van der Waals surface area contributed by atoms with Gasteiger partial charge in [0.1, 0.15) is 5.82 Å². The van der Waals surface area contributed by atoms with Crippen molar-refractivity contribution in [2.75, 3.05) is 6.54 Å². The average Bonchev–Trinajstić information content (AvgIpc) is 2.18. The molecule has 1 amide bonds. The fraction of sp³-hybridized carbons (Fsp3) is 0.100. The molecule has 0 unspecified atom stereocenters. The van der Waals surface area contributed by atoms with Crippen LogP contribution < -0.4 is 5.32 Å². The SMILES string of the molecule is C=C(Cl)CNC(=O)c1cccc(F)c1Br. The van der Waals surface area contributed by atoms with Crippen LogP contribution in [0, 0.1) is 5.82 Å². The quantitative estimate of drug-likeness (QED) is 0.911. The molecule has 2 nitrogen and oxygen atoms in total. The first-order chi connectivity index (χ1) is 7.02. The molecule has 15 heavy (non-hydrogen) atoms. The summed E-state index contributed by atoms with van der Waals surface area (Å²) in [5, 5.41) is 2.81. The Morgan fingerprint density at radius 1 is 1.60 bits per heavy atom. The molecule has 0 saturated heterocycles. The van der Waals surface area contributed by atoms with Crippen molar-refractivity contribution in [3.8, 4) is 0 Å². The largest absolute Gasteiger partial charge is 0.347 e. The van der Waals surface area contributed by atoms with Crippen LogP contribution in [-0.4, -0.2) is 12.5 Å². The number of carbonyl (C=O) groups excluding carboxylic acids is 1. The maximum Gasteiger partial charge on any atom is 0.252 e. The molecular formula is C10H8BrClFNO. The van der Waals surface area contributed by atoms with Gasteiger partial charge in [-0.15, -0.1) is 0 Å². The van der Waals surface area contributed by atoms with Crippen LogP contribution in [0.3, 0.4) is 0 Å². The zero-order valence-electron chi connectivity index (χ0n) is 7.69. The molecule has 0 bridgehead atoms. The highest BCUT2D eigenvalue weighted by Gasteiger charge is 2.12. The monoisotopic (exact) mass is 291 g/mol. The summed E-state index contributed by atoms with van der Waals surface area (Å²) >= 11 is 8.48. The summed E-state index contributed by atoms with van der Waals surface area (Å²) in [6, 6.07) is 4.24. The second-order valence-corrected chi connectivity index (χ2v) is 4.13. The van der Waals surface area contributed by atoms with Crippen LogP contribution in [0.2, 0.25) is 0 Å². The predicted molar refractivity (Wildman–Crippen MR) is 61.4 cm³/mol. The lowest BCUT2D eigenvalue weighted by Crippen LogP contribution is -2.24. The maximum absolute atomic E-state index is 13.1. The normalized spacial score (nSPS) is 9.80. The Hall–Kier alpha value is -0.870. The minimum atomic E-state index is -0.479. The van der Waals surface area contributed by atoms with E-state index in [2.05, 4.69) is 27.8 Å². The fourth-order valence-electron chi connectivity index (χ4n) is 0.951.